The van der Waals surface area contributed by atoms with Gasteiger partial charge in [0, 0.05) is 9.17 Å². The van der Waals surface area contributed by atoms with E-state index >= 15 is 0 Å². The first-order valence-electron chi connectivity index (χ1n) is 5.81. The molecule has 0 saturated heterocycles. The van der Waals surface area contributed by atoms with E-state index in [1.807, 2.05) is 12.1 Å². The molecule has 1 atom stereocenters. The van der Waals surface area contributed by atoms with Crippen LogP contribution in [0.15, 0.2) is 28.1 Å². The van der Waals surface area contributed by atoms with Gasteiger partial charge in [0.05, 0.1) is 6.10 Å². The Balaban J connectivity index is 2.54. The summed E-state index contributed by atoms with van der Waals surface area (Å²) >= 11 is 5.24. The van der Waals surface area contributed by atoms with Gasteiger partial charge in [0.25, 0.3) is 0 Å². The fourth-order valence-corrected chi connectivity index (χ4v) is 3.51. The van der Waals surface area contributed by atoms with E-state index in [0.717, 1.165) is 16.5 Å². The van der Waals surface area contributed by atoms with Crippen molar-refractivity contribution in [3.8, 4) is 0 Å². The highest BCUT2D eigenvalue weighted by Crippen LogP contribution is 2.42. The highest BCUT2D eigenvalue weighted by molar-refractivity contribution is 9.10. The van der Waals surface area contributed by atoms with E-state index in [0.29, 0.717) is 0 Å². The number of aliphatic hydroxyl groups is 1. The topological polar surface area (TPSA) is 20.2 Å². The van der Waals surface area contributed by atoms with E-state index < -0.39 is 6.10 Å². The van der Waals surface area contributed by atoms with Gasteiger partial charge in [0.1, 0.15) is 0 Å². The lowest BCUT2D eigenvalue weighted by atomic mass is 9.80. The Labute approximate surface area is 115 Å². The van der Waals surface area contributed by atoms with Crippen LogP contribution in [0.5, 0.6) is 0 Å². The maximum atomic E-state index is 10.5. The summed E-state index contributed by atoms with van der Waals surface area (Å²) in [6, 6.07) is 6.15. The molecule has 0 amide bonds. The predicted octanol–water partition coefficient (Wildman–Crippen LogP) is 5.13. The molecule has 0 aliphatic heterocycles. The van der Waals surface area contributed by atoms with Crippen molar-refractivity contribution in [1.29, 1.82) is 0 Å². The molecule has 1 aromatic carbocycles. The Morgan fingerprint density at radius 1 is 1.41 bits per heavy atom. The van der Waals surface area contributed by atoms with Crippen molar-refractivity contribution in [2.45, 2.75) is 33.3 Å². The first-order valence-corrected chi connectivity index (χ1v) is 7.48. The zero-order chi connectivity index (χ0) is 12.6. The molecule has 0 radical (unpaired) electrons. The minimum absolute atomic E-state index is 0.0870. The van der Waals surface area contributed by atoms with Crippen LogP contribution in [-0.2, 0) is 0 Å². The third-order valence-corrected chi connectivity index (χ3v) is 5.50. The molecular formula is C14H17BrOS. The Hall–Kier alpha value is -0.380. The van der Waals surface area contributed by atoms with E-state index in [2.05, 4.69) is 48.1 Å². The van der Waals surface area contributed by atoms with Gasteiger partial charge in [-0.15, -0.1) is 11.3 Å². The highest BCUT2D eigenvalue weighted by atomic mass is 79.9. The molecule has 2 rings (SSSR count). The molecule has 3 heteroatoms. The van der Waals surface area contributed by atoms with Gasteiger partial charge in [0.15, 0.2) is 0 Å². The van der Waals surface area contributed by atoms with Gasteiger partial charge in [-0.25, -0.2) is 0 Å². The number of aliphatic hydroxyl groups excluding tert-OH is 1. The summed E-state index contributed by atoms with van der Waals surface area (Å²) in [5.74, 6) is 0. The van der Waals surface area contributed by atoms with Gasteiger partial charge in [0.2, 0.25) is 0 Å². The van der Waals surface area contributed by atoms with Crippen molar-refractivity contribution in [2.24, 2.45) is 5.41 Å². The fraction of sp³-hybridized carbons (Fsp3) is 0.429. The molecule has 2 aromatic rings. The standard InChI is InChI=1S/C14H17BrOS/c1-4-14(2,3)13(16)10-8-17-12-9(10)6-5-7-11(12)15/h5-8,13,16H,4H2,1-3H3. The van der Waals surface area contributed by atoms with Gasteiger partial charge in [-0.3, -0.25) is 0 Å². The van der Waals surface area contributed by atoms with E-state index in [1.54, 1.807) is 11.3 Å². The first kappa shape index (κ1) is 13.1. The highest BCUT2D eigenvalue weighted by Gasteiger charge is 2.29. The maximum absolute atomic E-state index is 10.5. The SMILES string of the molecule is CCC(C)(C)C(O)c1csc2c(Br)cccc12. The summed E-state index contributed by atoms with van der Waals surface area (Å²) in [4.78, 5) is 0. The lowest BCUT2D eigenvalue weighted by Gasteiger charge is -2.29. The van der Waals surface area contributed by atoms with Gasteiger partial charge < -0.3 is 5.11 Å². The van der Waals surface area contributed by atoms with E-state index in [4.69, 9.17) is 0 Å². The molecule has 0 bridgehead atoms. The second kappa shape index (κ2) is 4.71. The predicted molar refractivity (Wildman–Crippen MR) is 78.6 cm³/mol. The molecule has 1 nitrogen and oxygen atoms in total. The van der Waals surface area contributed by atoms with Gasteiger partial charge >= 0.3 is 0 Å². The molecule has 1 aromatic heterocycles. The van der Waals surface area contributed by atoms with E-state index in [1.165, 1.54) is 10.1 Å². The molecule has 0 fully saturated rings. The number of thiophene rings is 1. The Kier molecular flexibility index (Phi) is 3.62. The van der Waals surface area contributed by atoms with E-state index in [9.17, 15) is 5.11 Å². The molecular weight excluding hydrogens is 296 g/mol. The second-order valence-electron chi connectivity index (χ2n) is 5.05. The molecule has 17 heavy (non-hydrogen) atoms. The third-order valence-electron chi connectivity index (χ3n) is 3.53. The monoisotopic (exact) mass is 312 g/mol. The van der Waals surface area contributed by atoms with Crippen molar-refractivity contribution in [1.82, 2.24) is 0 Å². The van der Waals surface area contributed by atoms with Crippen LogP contribution in [0.1, 0.15) is 38.9 Å². The largest absolute Gasteiger partial charge is 0.388 e. The molecule has 1 unspecified atom stereocenters. The molecule has 0 spiro atoms. The quantitative estimate of drug-likeness (QED) is 0.832. The van der Waals surface area contributed by atoms with Crippen LogP contribution in [-0.4, -0.2) is 5.11 Å². The Morgan fingerprint density at radius 3 is 2.76 bits per heavy atom. The lowest BCUT2D eigenvalue weighted by molar-refractivity contribution is 0.0480. The summed E-state index contributed by atoms with van der Waals surface area (Å²) in [6.07, 6.45) is 0.551. The van der Waals surface area contributed by atoms with Crippen molar-refractivity contribution in [3.05, 3.63) is 33.6 Å². The normalized spacial score (nSPS) is 14.2. The van der Waals surface area contributed by atoms with Crippen molar-refractivity contribution in [3.63, 3.8) is 0 Å². The maximum Gasteiger partial charge on any atom is 0.0854 e. The Bertz CT molecular complexity index is 530. The van der Waals surface area contributed by atoms with Crippen molar-refractivity contribution < 1.29 is 5.11 Å². The molecule has 92 valence electrons. The summed E-state index contributed by atoms with van der Waals surface area (Å²) in [5, 5.41) is 13.8. The number of benzene rings is 1. The van der Waals surface area contributed by atoms with Crippen LogP contribution in [0.3, 0.4) is 0 Å². The van der Waals surface area contributed by atoms with Crippen LogP contribution >= 0.6 is 27.3 Å². The summed E-state index contributed by atoms with van der Waals surface area (Å²) in [7, 11) is 0. The van der Waals surface area contributed by atoms with E-state index in [-0.39, 0.29) is 5.41 Å². The number of fused-ring (bicyclic) bond motifs is 1. The molecule has 0 aliphatic carbocycles. The third kappa shape index (κ3) is 2.28. The minimum Gasteiger partial charge on any atom is -0.388 e. The second-order valence-corrected chi connectivity index (χ2v) is 6.79. The zero-order valence-electron chi connectivity index (χ0n) is 10.3. The average Bonchev–Trinajstić information content (AvgIpc) is 2.73. The molecule has 0 saturated carbocycles. The van der Waals surface area contributed by atoms with Crippen molar-refractivity contribution in [2.75, 3.05) is 0 Å². The number of rotatable bonds is 3. The average molecular weight is 313 g/mol. The van der Waals surface area contributed by atoms with Crippen molar-refractivity contribution >= 4 is 37.4 Å². The van der Waals surface area contributed by atoms with Gasteiger partial charge in [-0.1, -0.05) is 32.9 Å². The van der Waals surface area contributed by atoms with Crippen LogP contribution in [0, 0.1) is 5.41 Å². The lowest BCUT2D eigenvalue weighted by Crippen LogP contribution is -2.20. The zero-order valence-corrected chi connectivity index (χ0v) is 12.7. The van der Waals surface area contributed by atoms with Crippen LogP contribution in [0.25, 0.3) is 10.1 Å². The van der Waals surface area contributed by atoms with Gasteiger partial charge in [-0.2, -0.15) is 0 Å². The first-order chi connectivity index (χ1) is 7.97. The van der Waals surface area contributed by atoms with Crippen LogP contribution in [0.4, 0.5) is 0 Å². The fourth-order valence-electron chi connectivity index (χ4n) is 1.87. The molecule has 0 aliphatic rings. The summed E-state index contributed by atoms with van der Waals surface area (Å²) in [6.45, 7) is 6.34. The smallest absolute Gasteiger partial charge is 0.0854 e. The molecule has 1 N–H and O–H groups in total. The summed E-state index contributed by atoms with van der Waals surface area (Å²) in [5.41, 5.74) is 0.967. The van der Waals surface area contributed by atoms with Gasteiger partial charge in [-0.05, 0) is 50.2 Å². The summed E-state index contributed by atoms with van der Waals surface area (Å²) < 4.78 is 2.32. The minimum atomic E-state index is -0.407. The Morgan fingerprint density at radius 2 is 2.12 bits per heavy atom. The van der Waals surface area contributed by atoms with Crippen LogP contribution in [0.2, 0.25) is 0 Å². The number of hydrogen-bond donors (Lipinski definition) is 1. The number of hydrogen-bond acceptors (Lipinski definition) is 2. The molecule has 1 heterocycles. The number of halogens is 1. The van der Waals surface area contributed by atoms with Crippen LogP contribution < -0.4 is 0 Å².